The van der Waals surface area contributed by atoms with Gasteiger partial charge in [-0.25, -0.2) is 5.43 Å². The van der Waals surface area contributed by atoms with Gasteiger partial charge in [0.2, 0.25) is 0 Å². The number of fused-ring (bicyclic) bond motifs is 1. The summed E-state index contributed by atoms with van der Waals surface area (Å²) < 4.78 is 5.21. The van der Waals surface area contributed by atoms with Gasteiger partial charge in [0.1, 0.15) is 5.75 Å². The number of amides is 1. The van der Waals surface area contributed by atoms with Crippen molar-refractivity contribution in [1.29, 1.82) is 0 Å². The van der Waals surface area contributed by atoms with Gasteiger partial charge in [0.05, 0.1) is 13.3 Å². The smallest absolute Gasteiger partial charge is 0.271 e. The number of nitrogens with one attached hydrogen (secondary N) is 2. The predicted octanol–water partition coefficient (Wildman–Crippen LogP) is 2.34. The zero-order chi connectivity index (χ0) is 15.4. The highest BCUT2D eigenvalue weighted by Crippen LogP contribution is 2.22. The summed E-state index contributed by atoms with van der Waals surface area (Å²) in [4.78, 5) is 18.9. The molecule has 0 bridgehead atoms. The molecule has 0 saturated heterocycles. The van der Waals surface area contributed by atoms with Crippen molar-refractivity contribution in [2.45, 2.75) is 0 Å². The second-order valence-corrected chi connectivity index (χ2v) is 4.59. The highest BCUT2D eigenvalue weighted by Gasteiger charge is 2.04. The Balaban J connectivity index is 1.77. The van der Waals surface area contributed by atoms with Gasteiger partial charge < -0.3 is 9.72 Å². The van der Waals surface area contributed by atoms with Gasteiger partial charge in [0.25, 0.3) is 5.91 Å². The number of hydrogen-bond donors (Lipinski definition) is 2. The van der Waals surface area contributed by atoms with Crippen molar-refractivity contribution in [3.8, 4) is 5.75 Å². The number of carbonyl (C=O) groups is 1. The molecule has 2 aromatic heterocycles. The molecule has 0 atom stereocenters. The van der Waals surface area contributed by atoms with Crippen LogP contribution in [0.15, 0.2) is 54.0 Å². The van der Waals surface area contributed by atoms with Crippen LogP contribution in [0.5, 0.6) is 5.75 Å². The Kier molecular flexibility index (Phi) is 3.82. The maximum atomic E-state index is 11.9. The molecule has 0 aliphatic rings. The molecule has 6 heteroatoms. The average molecular weight is 294 g/mol. The van der Waals surface area contributed by atoms with Gasteiger partial charge in [-0.3, -0.25) is 9.78 Å². The Bertz CT molecular complexity index is 825. The highest BCUT2D eigenvalue weighted by molar-refractivity contribution is 6.00. The van der Waals surface area contributed by atoms with Crippen LogP contribution in [0.3, 0.4) is 0 Å². The van der Waals surface area contributed by atoms with Crippen LogP contribution in [0.25, 0.3) is 10.9 Å². The second-order valence-electron chi connectivity index (χ2n) is 4.59. The lowest BCUT2D eigenvalue weighted by atomic mass is 10.2. The molecule has 0 unspecified atom stereocenters. The van der Waals surface area contributed by atoms with Crippen LogP contribution in [-0.4, -0.2) is 29.2 Å². The first-order valence-corrected chi connectivity index (χ1v) is 6.66. The SMILES string of the molecule is COc1ccc2[nH]cc(/C=N\NC(=O)c3ccncc3)c2c1. The quantitative estimate of drug-likeness (QED) is 0.572. The molecule has 0 aliphatic heterocycles. The van der Waals surface area contributed by atoms with Crippen LogP contribution in [0.4, 0.5) is 0 Å². The summed E-state index contributed by atoms with van der Waals surface area (Å²) in [6, 6.07) is 8.98. The fourth-order valence-electron chi connectivity index (χ4n) is 2.08. The zero-order valence-corrected chi connectivity index (χ0v) is 11.9. The van der Waals surface area contributed by atoms with E-state index < -0.39 is 0 Å². The van der Waals surface area contributed by atoms with Crippen molar-refractivity contribution < 1.29 is 9.53 Å². The molecule has 0 saturated carbocycles. The van der Waals surface area contributed by atoms with Gasteiger partial charge in [-0.1, -0.05) is 0 Å². The number of methoxy groups -OCH3 is 1. The number of pyridine rings is 1. The molecule has 2 heterocycles. The van der Waals surface area contributed by atoms with E-state index in [9.17, 15) is 4.79 Å². The Hall–Kier alpha value is -3.15. The number of rotatable bonds is 4. The van der Waals surface area contributed by atoms with Crippen LogP contribution in [0.2, 0.25) is 0 Å². The summed E-state index contributed by atoms with van der Waals surface area (Å²) in [5, 5.41) is 4.96. The molecule has 0 fully saturated rings. The molecule has 6 nitrogen and oxygen atoms in total. The Morgan fingerprint density at radius 1 is 1.32 bits per heavy atom. The van der Waals surface area contributed by atoms with E-state index in [1.165, 1.54) is 0 Å². The van der Waals surface area contributed by atoms with Crippen LogP contribution in [-0.2, 0) is 0 Å². The van der Waals surface area contributed by atoms with Crippen LogP contribution in [0.1, 0.15) is 15.9 Å². The highest BCUT2D eigenvalue weighted by atomic mass is 16.5. The first kappa shape index (κ1) is 13.8. The summed E-state index contributed by atoms with van der Waals surface area (Å²) in [7, 11) is 1.62. The molecule has 0 spiro atoms. The third-order valence-corrected chi connectivity index (χ3v) is 3.23. The number of nitrogens with zero attached hydrogens (tertiary/aromatic N) is 2. The molecule has 1 aromatic carbocycles. The first-order chi connectivity index (χ1) is 10.8. The number of benzene rings is 1. The van der Waals surface area contributed by atoms with Crippen LogP contribution in [0, 0.1) is 0 Å². The van der Waals surface area contributed by atoms with Gasteiger partial charge in [-0.05, 0) is 30.3 Å². The zero-order valence-electron chi connectivity index (χ0n) is 11.9. The van der Waals surface area contributed by atoms with Crippen molar-refractivity contribution in [1.82, 2.24) is 15.4 Å². The van der Waals surface area contributed by atoms with E-state index in [1.54, 1.807) is 37.9 Å². The van der Waals surface area contributed by atoms with Crippen molar-refractivity contribution in [3.05, 3.63) is 60.0 Å². The van der Waals surface area contributed by atoms with E-state index in [1.807, 2.05) is 24.4 Å². The van der Waals surface area contributed by atoms with Crippen LogP contribution >= 0.6 is 0 Å². The third-order valence-electron chi connectivity index (χ3n) is 3.23. The first-order valence-electron chi connectivity index (χ1n) is 6.66. The summed E-state index contributed by atoms with van der Waals surface area (Å²) in [6.45, 7) is 0. The van der Waals surface area contributed by atoms with Crippen molar-refractivity contribution in [2.24, 2.45) is 5.10 Å². The Morgan fingerprint density at radius 2 is 2.14 bits per heavy atom. The molecule has 2 N–H and O–H groups in total. The number of aromatic amines is 1. The molecule has 0 aliphatic carbocycles. The fraction of sp³-hybridized carbons (Fsp3) is 0.0625. The van der Waals surface area contributed by atoms with E-state index in [0.717, 1.165) is 22.2 Å². The Labute approximate surface area is 126 Å². The molecule has 110 valence electrons. The lowest BCUT2D eigenvalue weighted by Crippen LogP contribution is -2.17. The standard InChI is InChI=1S/C16H14N4O2/c1-22-13-2-3-15-14(8-13)12(9-18-15)10-19-20-16(21)11-4-6-17-7-5-11/h2-10,18H,1H3,(H,20,21)/b19-10-. The topological polar surface area (TPSA) is 79.4 Å². The minimum atomic E-state index is -0.281. The second kappa shape index (κ2) is 6.09. The normalized spacial score (nSPS) is 11.0. The predicted molar refractivity (Wildman–Crippen MR) is 84.1 cm³/mol. The number of ether oxygens (including phenoxy) is 1. The number of hydrogen-bond acceptors (Lipinski definition) is 4. The monoisotopic (exact) mass is 294 g/mol. The lowest BCUT2D eigenvalue weighted by molar-refractivity contribution is 0.0955. The average Bonchev–Trinajstić information content (AvgIpc) is 2.98. The summed E-state index contributed by atoms with van der Waals surface area (Å²) >= 11 is 0. The molecule has 0 radical (unpaired) electrons. The minimum absolute atomic E-state index is 0.281. The molecular weight excluding hydrogens is 280 g/mol. The van der Waals surface area contributed by atoms with Gasteiger partial charge in [-0.2, -0.15) is 5.10 Å². The summed E-state index contributed by atoms with van der Waals surface area (Å²) in [5.41, 5.74) is 4.83. The van der Waals surface area contributed by atoms with Gasteiger partial charge in [0, 0.05) is 40.6 Å². The minimum Gasteiger partial charge on any atom is -0.497 e. The maximum absolute atomic E-state index is 11.9. The van der Waals surface area contributed by atoms with Gasteiger partial charge in [0.15, 0.2) is 0 Å². The molecule has 3 aromatic rings. The number of H-pyrrole nitrogens is 1. The number of aromatic nitrogens is 2. The van der Waals surface area contributed by atoms with Crippen LogP contribution < -0.4 is 10.2 Å². The maximum Gasteiger partial charge on any atom is 0.271 e. The molecule has 3 rings (SSSR count). The van der Waals surface area contributed by atoms with E-state index in [0.29, 0.717) is 5.56 Å². The van der Waals surface area contributed by atoms with E-state index >= 15 is 0 Å². The number of hydrazone groups is 1. The van der Waals surface area contributed by atoms with Crippen molar-refractivity contribution in [3.63, 3.8) is 0 Å². The summed E-state index contributed by atoms with van der Waals surface area (Å²) in [5.74, 6) is 0.485. The van der Waals surface area contributed by atoms with Crippen molar-refractivity contribution in [2.75, 3.05) is 7.11 Å². The third kappa shape index (κ3) is 2.80. The Morgan fingerprint density at radius 3 is 2.91 bits per heavy atom. The number of carbonyl (C=O) groups excluding carboxylic acids is 1. The van der Waals surface area contributed by atoms with Crippen molar-refractivity contribution >= 4 is 23.0 Å². The molecular formula is C16H14N4O2. The largest absolute Gasteiger partial charge is 0.497 e. The molecule has 1 amide bonds. The van der Waals surface area contributed by atoms with E-state index in [4.69, 9.17) is 4.74 Å². The van der Waals surface area contributed by atoms with E-state index in [-0.39, 0.29) is 5.91 Å². The van der Waals surface area contributed by atoms with Gasteiger partial charge >= 0.3 is 0 Å². The van der Waals surface area contributed by atoms with E-state index in [2.05, 4.69) is 20.5 Å². The fourth-order valence-corrected chi connectivity index (χ4v) is 2.08. The molecule has 22 heavy (non-hydrogen) atoms. The lowest BCUT2D eigenvalue weighted by Gasteiger charge is -2.00. The van der Waals surface area contributed by atoms with Gasteiger partial charge in [-0.15, -0.1) is 0 Å². The summed E-state index contributed by atoms with van der Waals surface area (Å²) in [6.07, 6.45) is 6.54.